The van der Waals surface area contributed by atoms with Gasteiger partial charge in [-0.15, -0.1) is 0 Å². The van der Waals surface area contributed by atoms with E-state index in [1.165, 1.54) is 11.3 Å². The fourth-order valence-corrected chi connectivity index (χ4v) is 4.61. The number of anilines is 1. The lowest BCUT2D eigenvalue weighted by Crippen LogP contribution is -3.19. The SMILES string of the molecule is COc1ccccc1N1CC[NH+]([C@H](C)C(=O)N2[C@H](C)CCC[C@@H]2C)CC1. The van der Waals surface area contributed by atoms with Gasteiger partial charge in [-0.3, -0.25) is 4.79 Å². The molecule has 3 rings (SSSR count). The number of para-hydroxylation sites is 2. The van der Waals surface area contributed by atoms with Crippen LogP contribution in [0, 0.1) is 0 Å². The highest BCUT2D eigenvalue weighted by Gasteiger charge is 2.37. The lowest BCUT2D eigenvalue weighted by molar-refractivity contribution is -0.915. The van der Waals surface area contributed by atoms with Gasteiger partial charge in [0.2, 0.25) is 0 Å². The van der Waals surface area contributed by atoms with Gasteiger partial charge in [-0.05, 0) is 52.2 Å². The van der Waals surface area contributed by atoms with Crippen LogP contribution in [0.3, 0.4) is 0 Å². The zero-order valence-electron chi connectivity index (χ0n) is 16.7. The van der Waals surface area contributed by atoms with Crippen molar-refractivity contribution in [3.05, 3.63) is 24.3 Å². The first-order valence-corrected chi connectivity index (χ1v) is 10.1. The number of amides is 1. The van der Waals surface area contributed by atoms with Gasteiger partial charge in [-0.2, -0.15) is 0 Å². The van der Waals surface area contributed by atoms with E-state index in [1.807, 2.05) is 12.1 Å². The van der Waals surface area contributed by atoms with Crippen LogP contribution < -0.4 is 14.5 Å². The molecular weight excluding hydrogens is 326 g/mol. The van der Waals surface area contributed by atoms with Crippen molar-refractivity contribution in [2.45, 2.75) is 58.2 Å². The van der Waals surface area contributed by atoms with E-state index < -0.39 is 0 Å². The van der Waals surface area contributed by atoms with E-state index in [9.17, 15) is 4.79 Å². The number of ether oxygens (including phenoxy) is 1. The minimum atomic E-state index is 0.0396. The number of hydrogen-bond donors (Lipinski definition) is 1. The fourth-order valence-electron chi connectivity index (χ4n) is 4.61. The number of nitrogens with one attached hydrogen (secondary N) is 1. The molecule has 1 N–H and O–H groups in total. The van der Waals surface area contributed by atoms with Gasteiger partial charge in [-0.1, -0.05) is 12.1 Å². The van der Waals surface area contributed by atoms with E-state index in [0.29, 0.717) is 18.0 Å². The van der Waals surface area contributed by atoms with Gasteiger partial charge in [0.1, 0.15) is 5.75 Å². The van der Waals surface area contributed by atoms with Crippen LogP contribution in [0.2, 0.25) is 0 Å². The molecule has 2 aliphatic rings. The van der Waals surface area contributed by atoms with Crippen molar-refractivity contribution in [3.63, 3.8) is 0 Å². The number of piperazine rings is 1. The highest BCUT2D eigenvalue weighted by molar-refractivity contribution is 5.81. The fraction of sp³-hybridized carbons (Fsp3) is 0.667. The Morgan fingerprint density at radius 3 is 2.38 bits per heavy atom. The van der Waals surface area contributed by atoms with Crippen LogP contribution in [-0.2, 0) is 4.79 Å². The van der Waals surface area contributed by atoms with Crippen molar-refractivity contribution in [3.8, 4) is 5.75 Å². The Hall–Kier alpha value is -1.75. The van der Waals surface area contributed by atoms with Crippen LogP contribution in [0.25, 0.3) is 0 Å². The summed E-state index contributed by atoms with van der Waals surface area (Å²) >= 11 is 0. The van der Waals surface area contributed by atoms with Gasteiger partial charge in [-0.25, -0.2) is 0 Å². The van der Waals surface area contributed by atoms with E-state index in [1.54, 1.807) is 7.11 Å². The van der Waals surface area contributed by atoms with E-state index >= 15 is 0 Å². The Bertz CT molecular complexity index is 603. The number of benzene rings is 1. The number of rotatable bonds is 4. The third-order valence-electron chi connectivity index (χ3n) is 6.26. The molecule has 3 atom stereocenters. The number of hydrogen-bond acceptors (Lipinski definition) is 3. The van der Waals surface area contributed by atoms with Crippen molar-refractivity contribution in [2.75, 3.05) is 38.2 Å². The predicted octanol–water partition coefficient (Wildman–Crippen LogP) is 1.58. The topological polar surface area (TPSA) is 37.2 Å². The summed E-state index contributed by atoms with van der Waals surface area (Å²) in [6.45, 7) is 10.4. The molecule has 0 aromatic heterocycles. The van der Waals surface area contributed by atoms with Crippen molar-refractivity contribution in [2.24, 2.45) is 0 Å². The minimum absolute atomic E-state index is 0.0396. The summed E-state index contributed by atoms with van der Waals surface area (Å²) in [7, 11) is 1.72. The van der Waals surface area contributed by atoms with Crippen LogP contribution in [0.15, 0.2) is 24.3 Å². The van der Waals surface area contributed by atoms with Crippen molar-refractivity contribution < 1.29 is 14.4 Å². The molecule has 0 spiro atoms. The highest BCUT2D eigenvalue weighted by Crippen LogP contribution is 2.27. The second-order valence-electron chi connectivity index (χ2n) is 7.91. The number of likely N-dealkylation sites (tertiary alicyclic amines) is 1. The lowest BCUT2D eigenvalue weighted by atomic mass is 9.96. The van der Waals surface area contributed by atoms with Gasteiger partial charge in [0.05, 0.1) is 39.0 Å². The molecule has 5 nitrogen and oxygen atoms in total. The molecule has 0 radical (unpaired) electrons. The molecule has 2 heterocycles. The standard InChI is InChI=1S/C21H33N3O2/c1-16-8-7-9-17(2)24(16)21(25)18(3)22-12-14-23(15-13-22)19-10-5-6-11-20(19)26-4/h5-6,10-11,16-18H,7-9,12-15H2,1-4H3/p+1/t16-,17+,18-/m1/s1. The van der Waals surface area contributed by atoms with Crippen LogP contribution in [0.1, 0.15) is 40.0 Å². The van der Waals surface area contributed by atoms with Crippen LogP contribution in [-0.4, -0.2) is 62.2 Å². The molecule has 1 amide bonds. The second kappa shape index (κ2) is 8.30. The van der Waals surface area contributed by atoms with E-state index in [-0.39, 0.29) is 6.04 Å². The first kappa shape index (κ1) is 19.0. The Morgan fingerprint density at radius 2 is 1.77 bits per heavy atom. The molecule has 2 saturated heterocycles. The highest BCUT2D eigenvalue weighted by atomic mass is 16.5. The quantitative estimate of drug-likeness (QED) is 0.886. The smallest absolute Gasteiger partial charge is 0.281 e. The predicted molar refractivity (Wildman–Crippen MR) is 105 cm³/mol. The molecule has 1 aromatic rings. The van der Waals surface area contributed by atoms with E-state index in [4.69, 9.17) is 4.74 Å². The van der Waals surface area contributed by atoms with Gasteiger partial charge in [0, 0.05) is 12.1 Å². The van der Waals surface area contributed by atoms with E-state index in [2.05, 4.69) is 42.7 Å². The summed E-state index contributed by atoms with van der Waals surface area (Å²) in [6.07, 6.45) is 3.52. The summed E-state index contributed by atoms with van der Waals surface area (Å²) < 4.78 is 5.50. The van der Waals surface area contributed by atoms with Gasteiger partial charge < -0.3 is 19.4 Å². The normalized spacial score (nSPS) is 25.8. The summed E-state index contributed by atoms with van der Waals surface area (Å²) in [5.74, 6) is 1.27. The van der Waals surface area contributed by atoms with Crippen LogP contribution in [0.5, 0.6) is 5.75 Å². The maximum absolute atomic E-state index is 13.1. The van der Waals surface area contributed by atoms with Gasteiger partial charge in [0.25, 0.3) is 5.91 Å². The monoisotopic (exact) mass is 360 g/mol. The lowest BCUT2D eigenvalue weighted by Gasteiger charge is -2.42. The van der Waals surface area contributed by atoms with Crippen molar-refractivity contribution >= 4 is 11.6 Å². The average Bonchev–Trinajstić information content (AvgIpc) is 2.67. The Morgan fingerprint density at radius 1 is 1.15 bits per heavy atom. The van der Waals surface area contributed by atoms with E-state index in [0.717, 1.165) is 50.5 Å². The summed E-state index contributed by atoms with van der Waals surface area (Å²) in [4.78, 5) is 19.1. The summed E-state index contributed by atoms with van der Waals surface area (Å²) in [5, 5.41) is 0. The Balaban J connectivity index is 1.61. The average molecular weight is 361 g/mol. The van der Waals surface area contributed by atoms with Crippen molar-refractivity contribution in [1.29, 1.82) is 0 Å². The number of piperidine rings is 1. The van der Waals surface area contributed by atoms with Crippen molar-refractivity contribution in [1.82, 2.24) is 4.90 Å². The molecule has 144 valence electrons. The summed E-state index contributed by atoms with van der Waals surface area (Å²) in [5.41, 5.74) is 1.16. The number of methoxy groups -OCH3 is 1. The largest absolute Gasteiger partial charge is 0.495 e. The number of carbonyl (C=O) groups excluding carboxylic acids is 1. The molecule has 26 heavy (non-hydrogen) atoms. The van der Waals surface area contributed by atoms with Gasteiger partial charge >= 0.3 is 0 Å². The summed E-state index contributed by atoms with van der Waals surface area (Å²) in [6, 6.07) is 8.99. The molecule has 0 aliphatic carbocycles. The number of nitrogens with zero attached hydrogens (tertiary/aromatic N) is 2. The molecule has 2 aliphatic heterocycles. The number of quaternary nitrogens is 1. The minimum Gasteiger partial charge on any atom is -0.495 e. The van der Waals surface area contributed by atoms with Crippen LogP contribution >= 0.6 is 0 Å². The molecule has 2 fully saturated rings. The third-order valence-corrected chi connectivity index (χ3v) is 6.26. The molecule has 0 bridgehead atoms. The van der Waals surface area contributed by atoms with Crippen LogP contribution in [0.4, 0.5) is 5.69 Å². The molecule has 0 unspecified atom stereocenters. The second-order valence-corrected chi connectivity index (χ2v) is 7.91. The first-order chi connectivity index (χ1) is 12.5. The zero-order valence-corrected chi connectivity index (χ0v) is 16.7. The Kier molecular flexibility index (Phi) is 6.07. The third kappa shape index (κ3) is 3.83. The molecule has 5 heteroatoms. The molecule has 1 aromatic carbocycles. The molecular formula is C21H34N3O2+. The zero-order chi connectivity index (χ0) is 18.7. The molecule has 0 saturated carbocycles. The maximum Gasteiger partial charge on any atom is 0.281 e. The van der Waals surface area contributed by atoms with Gasteiger partial charge in [0.15, 0.2) is 6.04 Å². The Labute approximate surface area is 157 Å². The first-order valence-electron chi connectivity index (χ1n) is 10.1. The maximum atomic E-state index is 13.1. The number of carbonyl (C=O) groups is 1.